The lowest BCUT2D eigenvalue weighted by molar-refractivity contribution is -0.133. The second kappa shape index (κ2) is 8.78. The Bertz CT molecular complexity index is 818. The number of hydrogen-bond acceptors (Lipinski definition) is 3. The lowest BCUT2D eigenvalue weighted by Crippen LogP contribution is -2.43. The number of carbonyl (C=O) groups is 2. The summed E-state index contributed by atoms with van der Waals surface area (Å²) in [6, 6.07) is 21.0. The van der Waals surface area contributed by atoms with Gasteiger partial charge in [-0.25, -0.2) is 0 Å². The average Bonchev–Trinajstić information content (AvgIpc) is 3.65. The molecule has 2 amide bonds. The van der Waals surface area contributed by atoms with Gasteiger partial charge < -0.3 is 16.0 Å². The minimum Gasteiger partial charge on any atom is -0.352 e. The Morgan fingerprint density at radius 3 is 1.50 bits per heavy atom. The molecule has 0 bridgehead atoms. The van der Waals surface area contributed by atoms with Gasteiger partial charge in [-0.05, 0) is 24.0 Å². The monoisotopic (exact) mass is 425 g/mol. The van der Waals surface area contributed by atoms with Crippen molar-refractivity contribution in [2.45, 2.75) is 36.8 Å². The van der Waals surface area contributed by atoms with Crippen molar-refractivity contribution in [3.8, 4) is 0 Å². The minimum atomic E-state index is -0.291. The van der Waals surface area contributed by atoms with Crippen LogP contribution in [0.15, 0.2) is 60.7 Å². The normalized spacial score (nSPS) is 31.3. The predicted molar refractivity (Wildman–Crippen MR) is 119 cm³/mol. The first-order valence-corrected chi connectivity index (χ1v) is 10.6. The van der Waals surface area contributed by atoms with Gasteiger partial charge in [-0.15, -0.1) is 12.4 Å². The fraction of sp³-hybridized carbons (Fsp3) is 0.417. The number of amides is 2. The van der Waals surface area contributed by atoms with Crippen LogP contribution in [-0.4, -0.2) is 37.0 Å². The van der Waals surface area contributed by atoms with Crippen molar-refractivity contribution in [2.24, 2.45) is 11.8 Å². The van der Waals surface area contributed by atoms with Crippen LogP contribution in [0, 0.1) is 11.8 Å². The lowest BCUT2D eigenvalue weighted by atomic mass is 9.94. The Kier molecular flexibility index (Phi) is 6.11. The third-order valence-corrected chi connectivity index (χ3v) is 6.58. The summed E-state index contributed by atoms with van der Waals surface area (Å²) in [5.74, 6) is 0.240. The number of rotatable bonds is 6. The first kappa shape index (κ1) is 20.9. The largest absolute Gasteiger partial charge is 0.352 e. The van der Waals surface area contributed by atoms with Crippen LogP contribution in [0.1, 0.15) is 35.8 Å². The lowest BCUT2D eigenvalue weighted by Gasteiger charge is -2.18. The quantitative estimate of drug-likeness (QED) is 0.666. The second-order valence-corrected chi connectivity index (χ2v) is 8.61. The molecule has 3 N–H and O–H groups in total. The molecule has 2 aliphatic carbocycles. The fourth-order valence-corrected chi connectivity index (χ4v) is 4.66. The van der Waals surface area contributed by atoms with Crippen molar-refractivity contribution in [3.05, 3.63) is 71.8 Å². The van der Waals surface area contributed by atoms with Gasteiger partial charge in [0.15, 0.2) is 0 Å². The maximum absolute atomic E-state index is 12.8. The van der Waals surface area contributed by atoms with E-state index in [1.807, 2.05) is 36.4 Å². The number of halogens is 1. The number of carbonyl (C=O) groups excluding carboxylic acids is 2. The molecular formula is C24H28ClN3O2. The standard InChI is InChI=1S/C24H27N3O2.ClH/c28-23(26-21-11-17(21)15-7-3-1-4-8-15)19-13-25-14-20(19)24(29)27-22-12-18(22)16-9-5-2-6-10-16;/h1-10,17-22,25H,11-14H2,(H,26,28)(H,27,29);1H/t17-,18-,19-,20-,21+,22+;/m0./s1. The zero-order valence-electron chi connectivity index (χ0n) is 16.8. The Balaban J connectivity index is 0.00000218. The maximum Gasteiger partial charge on any atom is 0.225 e. The van der Waals surface area contributed by atoms with Gasteiger partial charge in [-0.1, -0.05) is 60.7 Å². The van der Waals surface area contributed by atoms with Crippen molar-refractivity contribution in [1.29, 1.82) is 0 Å². The molecular weight excluding hydrogens is 398 g/mol. The van der Waals surface area contributed by atoms with E-state index < -0.39 is 0 Å². The molecule has 0 unspecified atom stereocenters. The first-order valence-electron chi connectivity index (χ1n) is 10.6. The molecule has 2 aromatic rings. The molecule has 0 spiro atoms. The Morgan fingerprint density at radius 1 is 0.700 bits per heavy atom. The third-order valence-electron chi connectivity index (χ3n) is 6.58. The van der Waals surface area contributed by atoms with E-state index in [2.05, 4.69) is 40.2 Å². The zero-order valence-corrected chi connectivity index (χ0v) is 17.6. The Labute approximate surface area is 183 Å². The molecule has 158 valence electrons. The highest BCUT2D eigenvalue weighted by molar-refractivity contribution is 5.89. The minimum absolute atomic E-state index is 0. The average molecular weight is 426 g/mol. The molecule has 6 heteroatoms. The summed E-state index contributed by atoms with van der Waals surface area (Å²) in [7, 11) is 0. The third kappa shape index (κ3) is 4.37. The highest BCUT2D eigenvalue weighted by atomic mass is 35.5. The van der Waals surface area contributed by atoms with Crippen molar-refractivity contribution in [1.82, 2.24) is 16.0 Å². The summed E-state index contributed by atoms with van der Waals surface area (Å²) >= 11 is 0. The van der Waals surface area contributed by atoms with Gasteiger partial charge in [0.1, 0.15) is 0 Å². The predicted octanol–water partition coefficient (Wildman–Crippen LogP) is 2.59. The van der Waals surface area contributed by atoms with Crippen LogP contribution in [0.3, 0.4) is 0 Å². The Morgan fingerprint density at radius 2 is 1.10 bits per heavy atom. The molecule has 3 fully saturated rings. The molecule has 2 saturated carbocycles. The van der Waals surface area contributed by atoms with Gasteiger partial charge >= 0.3 is 0 Å². The summed E-state index contributed by atoms with van der Waals surface area (Å²) in [6.45, 7) is 1.14. The molecule has 2 aromatic carbocycles. The summed E-state index contributed by atoms with van der Waals surface area (Å²) in [4.78, 5) is 25.7. The topological polar surface area (TPSA) is 70.2 Å². The van der Waals surface area contributed by atoms with E-state index in [-0.39, 0.29) is 48.1 Å². The number of benzene rings is 2. The van der Waals surface area contributed by atoms with Gasteiger partial charge in [-0.3, -0.25) is 9.59 Å². The molecule has 1 heterocycles. The van der Waals surface area contributed by atoms with Crippen LogP contribution in [0.2, 0.25) is 0 Å². The van der Waals surface area contributed by atoms with Crippen molar-refractivity contribution in [2.75, 3.05) is 13.1 Å². The SMILES string of the molecule is Cl.O=C(N[C@@H]1C[C@H]1c1ccccc1)[C@H]1CNC[C@@H]1C(=O)N[C@@H]1C[C@H]1c1ccccc1. The fourth-order valence-electron chi connectivity index (χ4n) is 4.66. The van der Waals surface area contributed by atoms with Gasteiger partial charge in [0.25, 0.3) is 0 Å². The first-order chi connectivity index (χ1) is 14.2. The van der Waals surface area contributed by atoms with Crippen LogP contribution < -0.4 is 16.0 Å². The van der Waals surface area contributed by atoms with Crippen LogP contribution in [0.4, 0.5) is 0 Å². The zero-order chi connectivity index (χ0) is 19.8. The van der Waals surface area contributed by atoms with E-state index in [1.54, 1.807) is 0 Å². The summed E-state index contributed by atoms with van der Waals surface area (Å²) in [5, 5.41) is 9.58. The summed E-state index contributed by atoms with van der Waals surface area (Å²) in [6.07, 6.45) is 1.96. The van der Waals surface area contributed by atoms with Crippen LogP contribution >= 0.6 is 12.4 Å². The highest BCUT2D eigenvalue weighted by Crippen LogP contribution is 2.42. The van der Waals surface area contributed by atoms with Crippen molar-refractivity contribution >= 4 is 24.2 Å². The van der Waals surface area contributed by atoms with E-state index in [4.69, 9.17) is 0 Å². The molecule has 5 rings (SSSR count). The molecule has 30 heavy (non-hydrogen) atoms. The molecule has 3 aliphatic rings. The molecule has 0 aromatic heterocycles. The maximum atomic E-state index is 12.8. The van der Waals surface area contributed by atoms with Crippen molar-refractivity contribution < 1.29 is 9.59 Å². The summed E-state index contributed by atoms with van der Waals surface area (Å²) in [5.41, 5.74) is 2.55. The number of hydrogen-bond donors (Lipinski definition) is 3. The molecule has 1 saturated heterocycles. The van der Waals surface area contributed by atoms with Gasteiger partial charge in [0, 0.05) is 37.0 Å². The van der Waals surface area contributed by atoms with Gasteiger partial charge in [0.05, 0.1) is 11.8 Å². The molecule has 0 radical (unpaired) electrons. The van der Waals surface area contributed by atoms with Crippen LogP contribution in [0.25, 0.3) is 0 Å². The second-order valence-electron chi connectivity index (χ2n) is 8.61. The van der Waals surface area contributed by atoms with E-state index in [9.17, 15) is 9.59 Å². The number of nitrogens with one attached hydrogen (secondary N) is 3. The summed E-state index contributed by atoms with van der Waals surface area (Å²) < 4.78 is 0. The molecule has 1 aliphatic heterocycles. The van der Waals surface area contributed by atoms with Gasteiger partial charge in [0.2, 0.25) is 11.8 Å². The smallest absolute Gasteiger partial charge is 0.225 e. The van der Waals surface area contributed by atoms with Gasteiger partial charge in [-0.2, -0.15) is 0 Å². The van der Waals surface area contributed by atoms with E-state index in [0.29, 0.717) is 24.9 Å². The van der Waals surface area contributed by atoms with E-state index >= 15 is 0 Å². The molecule has 6 atom stereocenters. The van der Waals surface area contributed by atoms with E-state index in [1.165, 1.54) is 11.1 Å². The molecule has 5 nitrogen and oxygen atoms in total. The van der Waals surface area contributed by atoms with Crippen LogP contribution in [0.5, 0.6) is 0 Å². The highest BCUT2D eigenvalue weighted by Gasteiger charge is 2.46. The van der Waals surface area contributed by atoms with Crippen LogP contribution in [-0.2, 0) is 9.59 Å². The van der Waals surface area contributed by atoms with E-state index in [0.717, 1.165) is 12.8 Å². The Hall–Kier alpha value is -2.37. The van der Waals surface area contributed by atoms with Crippen molar-refractivity contribution in [3.63, 3.8) is 0 Å².